The first-order chi connectivity index (χ1) is 10.6. The summed E-state index contributed by atoms with van der Waals surface area (Å²) in [7, 11) is 0. The highest BCUT2D eigenvalue weighted by molar-refractivity contribution is 9.10. The van der Waals surface area contributed by atoms with Crippen molar-refractivity contribution in [1.29, 1.82) is 0 Å². The SMILES string of the molecule is Cl.O=C(NC1CC(c2cc(Br)ccc2Cl)NN1)C1COCCN1. The van der Waals surface area contributed by atoms with Gasteiger partial charge in [-0.05, 0) is 23.8 Å². The van der Waals surface area contributed by atoms with E-state index in [0.29, 0.717) is 24.8 Å². The Hall–Kier alpha value is -0.410. The predicted octanol–water partition coefficient (Wildman–Crippen LogP) is 1.49. The van der Waals surface area contributed by atoms with Gasteiger partial charge >= 0.3 is 0 Å². The maximum atomic E-state index is 12.2. The van der Waals surface area contributed by atoms with E-state index in [0.717, 1.165) is 16.5 Å². The van der Waals surface area contributed by atoms with Crippen LogP contribution in [0.15, 0.2) is 22.7 Å². The van der Waals surface area contributed by atoms with Gasteiger partial charge in [0.1, 0.15) is 6.04 Å². The number of hydrazine groups is 1. The lowest BCUT2D eigenvalue weighted by molar-refractivity contribution is -0.126. The summed E-state index contributed by atoms with van der Waals surface area (Å²) in [5, 5.41) is 6.82. The number of hydrogen-bond acceptors (Lipinski definition) is 5. The third-order valence-electron chi connectivity index (χ3n) is 3.79. The van der Waals surface area contributed by atoms with E-state index >= 15 is 0 Å². The molecular formula is C14H19BrCl2N4O2. The van der Waals surface area contributed by atoms with Gasteiger partial charge < -0.3 is 15.4 Å². The highest BCUT2D eigenvalue weighted by atomic mass is 79.9. The molecule has 0 radical (unpaired) electrons. The summed E-state index contributed by atoms with van der Waals surface area (Å²) >= 11 is 9.70. The zero-order chi connectivity index (χ0) is 15.5. The Bertz CT molecular complexity index is 558. The molecule has 6 nitrogen and oxygen atoms in total. The summed E-state index contributed by atoms with van der Waals surface area (Å²) in [4.78, 5) is 12.2. The molecule has 1 aromatic carbocycles. The molecular weight excluding hydrogens is 407 g/mol. The molecule has 1 aromatic rings. The fraction of sp³-hybridized carbons (Fsp3) is 0.500. The van der Waals surface area contributed by atoms with E-state index in [2.05, 4.69) is 37.4 Å². The van der Waals surface area contributed by atoms with E-state index in [1.165, 1.54) is 0 Å². The molecule has 23 heavy (non-hydrogen) atoms. The van der Waals surface area contributed by atoms with Crippen molar-refractivity contribution in [3.8, 4) is 0 Å². The fourth-order valence-corrected chi connectivity index (χ4v) is 3.27. The van der Waals surface area contributed by atoms with Crippen molar-refractivity contribution in [3.63, 3.8) is 0 Å². The molecule has 0 spiro atoms. The molecule has 2 heterocycles. The number of ether oxygens (including phenoxy) is 1. The minimum absolute atomic E-state index is 0. The average Bonchev–Trinajstić information content (AvgIpc) is 2.99. The normalized spacial score (nSPS) is 27.3. The molecule has 2 saturated heterocycles. The molecule has 4 N–H and O–H groups in total. The third-order valence-corrected chi connectivity index (χ3v) is 4.63. The summed E-state index contributed by atoms with van der Waals surface area (Å²) in [5.41, 5.74) is 7.27. The van der Waals surface area contributed by atoms with Gasteiger partial charge in [-0.25, -0.2) is 10.9 Å². The van der Waals surface area contributed by atoms with Crippen molar-refractivity contribution in [2.24, 2.45) is 0 Å². The molecule has 9 heteroatoms. The molecule has 3 unspecified atom stereocenters. The second-order valence-electron chi connectivity index (χ2n) is 5.39. The monoisotopic (exact) mass is 424 g/mol. The first-order valence-corrected chi connectivity index (χ1v) is 8.38. The fourth-order valence-electron chi connectivity index (χ4n) is 2.64. The Kier molecular flexibility index (Phi) is 7.09. The van der Waals surface area contributed by atoms with E-state index in [4.69, 9.17) is 16.3 Å². The lowest BCUT2D eigenvalue weighted by Gasteiger charge is -2.24. The Balaban J connectivity index is 0.00000192. The Morgan fingerprint density at radius 3 is 2.96 bits per heavy atom. The van der Waals surface area contributed by atoms with Crippen molar-refractivity contribution in [2.75, 3.05) is 19.8 Å². The highest BCUT2D eigenvalue weighted by Crippen LogP contribution is 2.30. The van der Waals surface area contributed by atoms with Crippen LogP contribution in [-0.2, 0) is 9.53 Å². The number of rotatable bonds is 3. The number of carbonyl (C=O) groups is 1. The van der Waals surface area contributed by atoms with Gasteiger partial charge in [0.25, 0.3) is 0 Å². The largest absolute Gasteiger partial charge is 0.378 e. The molecule has 2 aliphatic heterocycles. The van der Waals surface area contributed by atoms with Gasteiger partial charge in [-0.1, -0.05) is 27.5 Å². The molecule has 2 aliphatic rings. The number of carbonyl (C=O) groups excluding carboxylic acids is 1. The van der Waals surface area contributed by atoms with Crippen molar-refractivity contribution in [2.45, 2.75) is 24.7 Å². The van der Waals surface area contributed by atoms with Gasteiger partial charge in [0, 0.05) is 22.5 Å². The lowest BCUT2D eigenvalue weighted by Crippen LogP contribution is -2.55. The first-order valence-electron chi connectivity index (χ1n) is 7.21. The van der Waals surface area contributed by atoms with Gasteiger partial charge in [-0.3, -0.25) is 4.79 Å². The van der Waals surface area contributed by atoms with Crippen molar-refractivity contribution in [1.82, 2.24) is 21.5 Å². The first kappa shape index (κ1) is 18.9. The van der Waals surface area contributed by atoms with Crippen LogP contribution in [0.2, 0.25) is 5.02 Å². The number of morpholine rings is 1. The zero-order valence-corrected chi connectivity index (χ0v) is 15.4. The summed E-state index contributed by atoms with van der Waals surface area (Å²) < 4.78 is 6.28. The lowest BCUT2D eigenvalue weighted by atomic mass is 10.0. The number of halogens is 3. The smallest absolute Gasteiger partial charge is 0.240 e. The van der Waals surface area contributed by atoms with E-state index in [1.807, 2.05) is 18.2 Å². The molecule has 0 aromatic heterocycles. The minimum Gasteiger partial charge on any atom is -0.378 e. The van der Waals surface area contributed by atoms with Crippen LogP contribution in [0.3, 0.4) is 0 Å². The van der Waals surface area contributed by atoms with Crippen LogP contribution < -0.4 is 21.5 Å². The molecule has 0 bridgehead atoms. The molecule has 0 saturated carbocycles. The molecule has 1 amide bonds. The molecule has 2 fully saturated rings. The quantitative estimate of drug-likeness (QED) is 0.590. The Morgan fingerprint density at radius 2 is 2.22 bits per heavy atom. The second-order valence-corrected chi connectivity index (χ2v) is 6.71. The van der Waals surface area contributed by atoms with Crippen molar-refractivity contribution < 1.29 is 9.53 Å². The average molecular weight is 426 g/mol. The van der Waals surface area contributed by atoms with Crippen molar-refractivity contribution >= 4 is 45.8 Å². The summed E-state index contributed by atoms with van der Waals surface area (Å²) in [6, 6.07) is 5.51. The maximum Gasteiger partial charge on any atom is 0.240 e. The van der Waals surface area contributed by atoms with Crippen LogP contribution in [-0.4, -0.2) is 37.9 Å². The number of nitrogens with one attached hydrogen (secondary N) is 4. The van der Waals surface area contributed by atoms with E-state index in [-0.39, 0.29) is 36.6 Å². The van der Waals surface area contributed by atoms with Gasteiger partial charge in [0.05, 0.1) is 25.4 Å². The molecule has 3 atom stereocenters. The molecule has 3 rings (SSSR count). The Morgan fingerprint density at radius 1 is 1.39 bits per heavy atom. The van der Waals surface area contributed by atoms with Gasteiger partial charge in [0.2, 0.25) is 5.91 Å². The van der Waals surface area contributed by atoms with Gasteiger partial charge in [-0.2, -0.15) is 0 Å². The van der Waals surface area contributed by atoms with Crippen LogP contribution in [0, 0.1) is 0 Å². The van der Waals surface area contributed by atoms with Crippen LogP contribution >= 0.6 is 39.9 Å². The standard InChI is InChI=1S/C14H18BrClN4O2.ClH/c15-8-1-2-10(16)9(5-8)11-6-13(20-19-11)18-14(21)12-7-22-4-3-17-12;/h1-2,5,11-13,17,19-20H,3-4,6-7H2,(H,18,21);1H. The van der Waals surface area contributed by atoms with Crippen LogP contribution in [0.5, 0.6) is 0 Å². The van der Waals surface area contributed by atoms with Gasteiger partial charge in [-0.15, -0.1) is 12.4 Å². The predicted molar refractivity (Wildman–Crippen MR) is 94.6 cm³/mol. The summed E-state index contributed by atoms with van der Waals surface area (Å²) in [5.74, 6) is -0.0556. The topological polar surface area (TPSA) is 74.4 Å². The third kappa shape index (κ3) is 4.79. The van der Waals surface area contributed by atoms with E-state index < -0.39 is 0 Å². The Labute approximate surface area is 154 Å². The van der Waals surface area contributed by atoms with Crippen molar-refractivity contribution in [3.05, 3.63) is 33.3 Å². The van der Waals surface area contributed by atoms with Crippen LogP contribution in [0.4, 0.5) is 0 Å². The van der Waals surface area contributed by atoms with Gasteiger partial charge in [0.15, 0.2) is 0 Å². The van der Waals surface area contributed by atoms with E-state index in [9.17, 15) is 4.79 Å². The molecule has 128 valence electrons. The van der Waals surface area contributed by atoms with Crippen LogP contribution in [0.1, 0.15) is 18.0 Å². The number of benzene rings is 1. The van der Waals surface area contributed by atoms with E-state index in [1.54, 1.807) is 0 Å². The molecule has 0 aliphatic carbocycles. The second kappa shape index (κ2) is 8.62. The van der Waals surface area contributed by atoms with Crippen LogP contribution in [0.25, 0.3) is 0 Å². The maximum absolute atomic E-state index is 12.2. The highest BCUT2D eigenvalue weighted by Gasteiger charge is 2.30. The summed E-state index contributed by atoms with van der Waals surface area (Å²) in [6.07, 6.45) is 0.575. The zero-order valence-electron chi connectivity index (χ0n) is 12.3. The number of hydrogen-bond donors (Lipinski definition) is 4. The summed E-state index contributed by atoms with van der Waals surface area (Å²) in [6.45, 7) is 1.76. The minimum atomic E-state index is -0.288. The number of amides is 1.